The Morgan fingerprint density at radius 1 is 1.29 bits per heavy atom. The van der Waals surface area contributed by atoms with Gasteiger partial charge in [-0.05, 0) is 38.8 Å². The van der Waals surface area contributed by atoms with Crippen molar-refractivity contribution in [1.82, 2.24) is 14.4 Å². The molecular weight excluding hydrogens is 406 g/mol. The van der Waals surface area contributed by atoms with Crippen molar-refractivity contribution in [3.8, 4) is 5.75 Å². The summed E-state index contributed by atoms with van der Waals surface area (Å²) in [5.74, 6) is -0.0787. The number of nitrogens with one attached hydrogen (secondary N) is 1. The minimum atomic E-state index is -2.72. The fraction of sp³-hybridized carbons (Fsp3) is 0.409. The molecule has 2 bridgehead atoms. The lowest BCUT2D eigenvalue weighted by molar-refractivity contribution is 0.0154. The van der Waals surface area contributed by atoms with Crippen LogP contribution in [0.15, 0.2) is 30.6 Å². The summed E-state index contributed by atoms with van der Waals surface area (Å²) < 4.78 is 39.1. The van der Waals surface area contributed by atoms with Crippen LogP contribution in [-0.4, -0.2) is 39.6 Å². The normalized spacial score (nSPS) is 24.5. The van der Waals surface area contributed by atoms with E-state index in [9.17, 15) is 13.6 Å². The molecule has 162 valence electrons. The number of anilines is 1. The van der Waals surface area contributed by atoms with Crippen molar-refractivity contribution in [2.24, 2.45) is 0 Å². The molecule has 9 heteroatoms. The molecule has 3 fully saturated rings. The molecule has 6 rings (SSSR count). The average molecular weight is 428 g/mol. The SMILES string of the molecule is COc1c(C(=O)Nc2cccc(C(F)F)n2)cn2cc(C34COC(C)(C3)C4)nc2c1C. The Hall–Kier alpha value is -3.07. The fourth-order valence-electron chi connectivity index (χ4n) is 4.93. The fourth-order valence-corrected chi connectivity index (χ4v) is 4.93. The van der Waals surface area contributed by atoms with E-state index in [4.69, 9.17) is 14.5 Å². The molecule has 1 amide bonds. The third-order valence-corrected chi connectivity index (χ3v) is 6.27. The van der Waals surface area contributed by atoms with Gasteiger partial charge in [-0.15, -0.1) is 0 Å². The summed E-state index contributed by atoms with van der Waals surface area (Å²) in [5.41, 5.74) is 2.08. The lowest BCUT2D eigenvalue weighted by Crippen LogP contribution is -2.45. The largest absolute Gasteiger partial charge is 0.495 e. The summed E-state index contributed by atoms with van der Waals surface area (Å²) >= 11 is 0. The van der Waals surface area contributed by atoms with Gasteiger partial charge < -0.3 is 19.2 Å². The molecule has 7 nitrogen and oxygen atoms in total. The number of halogens is 2. The van der Waals surface area contributed by atoms with Gasteiger partial charge in [0.15, 0.2) is 0 Å². The van der Waals surface area contributed by atoms with E-state index in [1.165, 1.54) is 25.3 Å². The number of hydrogen-bond donors (Lipinski definition) is 1. The van der Waals surface area contributed by atoms with E-state index in [1.54, 1.807) is 6.20 Å². The number of imidazole rings is 1. The van der Waals surface area contributed by atoms with E-state index in [0.717, 1.165) is 18.5 Å². The van der Waals surface area contributed by atoms with Crippen molar-refractivity contribution in [2.75, 3.05) is 19.0 Å². The molecule has 3 aromatic rings. The maximum atomic E-state index is 13.0. The standard InChI is InChI=1S/C22H22F2N4O3/c1-12-17(30-3)13(20(29)27-16-6-4-5-14(25-16)18(23)24)7-28-8-15(26-19(12)28)22-9-21(2,10-22)31-11-22/h4-8,18H,9-11H2,1-3H3,(H,25,27,29). The highest BCUT2D eigenvalue weighted by Crippen LogP contribution is 2.58. The Balaban J connectivity index is 1.51. The molecule has 1 saturated carbocycles. The molecule has 2 saturated heterocycles. The molecule has 3 aromatic heterocycles. The number of aromatic nitrogens is 3. The van der Waals surface area contributed by atoms with Crippen LogP contribution in [0.2, 0.25) is 0 Å². The van der Waals surface area contributed by atoms with Gasteiger partial charge >= 0.3 is 0 Å². The van der Waals surface area contributed by atoms with Crippen LogP contribution in [0.4, 0.5) is 14.6 Å². The lowest BCUT2D eigenvalue weighted by Gasteiger charge is -2.41. The maximum absolute atomic E-state index is 13.0. The van der Waals surface area contributed by atoms with E-state index >= 15 is 0 Å². The molecule has 1 N–H and O–H groups in total. The van der Waals surface area contributed by atoms with Gasteiger partial charge in [-0.1, -0.05) is 6.07 Å². The van der Waals surface area contributed by atoms with Crippen LogP contribution in [0.3, 0.4) is 0 Å². The Morgan fingerprint density at radius 3 is 2.71 bits per heavy atom. The topological polar surface area (TPSA) is 77.8 Å². The molecular formula is C22H22F2N4O3. The summed E-state index contributed by atoms with van der Waals surface area (Å²) in [7, 11) is 1.48. The third kappa shape index (κ3) is 3.06. The van der Waals surface area contributed by atoms with E-state index in [2.05, 4.69) is 17.2 Å². The van der Waals surface area contributed by atoms with Crippen LogP contribution in [0, 0.1) is 6.92 Å². The second-order valence-electron chi connectivity index (χ2n) is 8.63. The number of nitrogens with zero attached hydrogens (tertiary/aromatic N) is 3. The van der Waals surface area contributed by atoms with Gasteiger partial charge in [-0.25, -0.2) is 18.7 Å². The van der Waals surface area contributed by atoms with Crippen LogP contribution in [0.5, 0.6) is 5.75 Å². The highest BCUT2D eigenvalue weighted by Gasteiger charge is 2.61. The maximum Gasteiger partial charge on any atom is 0.280 e. The first-order valence-corrected chi connectivity index (χ1v) is 10.0. The Kier molecular flexibility index (Phi) is 4.30. The van der Waals surface area contributed by atoms with Gasteiger partial charge in [-0.3, -0.25) is 4.79 Å². The molecule has 3 aliphatic rings. The molecule has 1 aliphatic carbocycles. The number of ether oxygens (including phenoxy) is 2. The van der Waals surface area contributed by atoms with E-state index < -0.39 is 18.0 Å². The number of carbonyl (C=O) groups excluding carboxylic acids is 1. The number of hydrogen-bond acceptors (Lipinski definition) is 5. The van der Waals surface area contributed by atoms with Crippen LogP contribution in [0.1, 0.15) is 53.5 Å². The molecule has 5 heterocycles. The van der Waals surface area contributed by atoms with Gasteiger partial charge in [0.2, 0.25) is 0 Å². The van der Waals surface area contributed by atoms with Crippen molar-refractivity contribution >= 4 is 17.4 Å². The number of amides is 1. The number of pyridine rings is 2. The van der Waals surface area contributed by atoms with Crippen LogP contribution in [0.25, 0.3) is 5.65 Å². The molecule has 0 spiro atoms. The van der Waals surface area contributed by atoms with E-state index in [-0.39, 0.29) is 22.4 Å². The quantitative estimate of drug-likeness (QED) is 0.663. The number of fused-ring (bicyclic) bond motifs is 2. The van der Waals surface area contributed by atoms with Crippen molar-refractivity contribution in [2.45, 2.75) is 44.1 Å². The van der Waals surface area contributed by atoms with Gasteiger partial charge in [0.25, 0.3) is 12.3 Å². The van der Waals surface area contributed by atoms with Crippen molar-refractivity contribution in [3.05, 3.63) is 53.1 Å². The first-order valence-electron chi connectivity index (χ1n) is 10.0. The molecule has 0 radical (unpaired) electrons. The summed E-state index contributed by atoms with van der Waals surface area (Å²) in [6.07, 6.45) is 2.72. The molecule has 0 atom stereocenters. The Labute approximate surface area is 177 Å². The second-order valence-corrected chi connectivity index (χ2v) is 8.63. The number of rotatable bonds is 5. The Morgan fingerprint density at radius 2 is 2.06 bits per heavy atom. The van der Waals surface area contributed by atoms with Crippen LogP contribution in [-0.2, 0) is 10.2 Å². The number of aryl methyl sites for hydroxylation is 1. The zero-order chi connectivity index (χ0) is 22.0. The van der Waals surface area contributed by atoms with Gasteiger partial charge in [-0.2, -0.15) is 0 Å². The Bertz CT molecular complexity index is 1200. The first-order chi connectivity index (χ1) is 14.7. The third-order valence-electron chi connectivity index (χ3n) is 6.27. The van der Waals surface area contributed by atoms with E-state index in [1.807, 2.05) is 17.5 Å². The monoisotopic (exact) mass is 428 g/mol. The number of alkyl halides is 2. The first kappa shape index (κ1) is 19.9. The lowest BCUT2D eigenvalue weighted by atomic mass is 9.62. The predicted octanol–water partition coefficient (Wildman–Crippen LogP) is 4.06. The van der Waals surface area contributed by atoms with Gasteiger partial charge in [0.1, 0.15) is 22.9 Å². The minimum absolute atomic E-state index is 0.0460. The van der Waals surface area contributed by atoms with Crippen molar-refractivity contribution in [3.63, 3.8) is 0 Å². The predicted molar refractivity (Wildman–Crippen MR) is 109 cm³/mol. The number of carbonyl (C=O) groups is 1. The van der Waals surface area contributed by atoms with Crippen molar-refractivity contribution in [1.29, 1.82) is 0 Å². The highest BCUT2D eigenvalue weighted by atomic mass is 19.3. The van der Waals surface area contributed by atoms with E-state index in [0.29, 0.717) is 23.6 Å². The van der Waals surface area contributed by atoms with Gasteiger partial charge in [0, 0.05) is 23.4 Å². The molecule has 2 aliphatic heterocycles. The van der Waals surface area contributed by atoms with Crippen LogP contribution >= 0.6 is 0 Å². The highest BCUT2D eigenvalue weighted by molar-refractivity contribution is 6.06. The molecule has 0 unspecified atom stereocenters. The number of methoxy groups -OCH3 is 1. The summed E-state index contributed by atoms with van der Waals surface area (Å²) in [4.78, 5) is 21.6. The van der Waals surface area contributed by atoms with Crippen LogP contribution < -0.4 is 10.1 Å². The van der Waals surface area contributed by atoms with Gasteiger partial charge in [0.05, 0.1) is 30.6 Å². The zero-order valence-corrected chi connectivity index (χ0v) is 17.4. The average Bonchev–Trinajstić information content (AvgIpc) is 3.39. The molecule has 31 heavy (non-hydrogen) atoms. The minimum Gasteiger partial charge on any atom is -0.495 e. The summed E-state index contributed by atoms with van der Waals surface area (Å²) in [5, 5.41) is 2.59. The summed E-state index contributed by atoms with van der Waals surface area (Å²) in [6, 6.07) is 4.10. The second kappa shape index (κ2) is 6.71. The van der Waals surface area contributed by atoms with Crippen molar-refractivity contribution < 1.29 is 23.0 Å². The molecule has 0 aromatic carbocycles. The smallest absolute Gasteiger partial charge is 0.280 e. The zero-order valence-electron chi connectivity index (χ0n) is 17.4. The summed E-state index contributed by atoms with van der Waals surface area (Å²) in [6.45, 7) is 4.59.